The Hall–Kier alpha value is -0.530. The molecule has 0 spiro atoms. The zero-order chi connectivity index (χ0) is 13.9. The van der Waals surface area contributed by atoms with Crippen molar-refractivity contribution in [3.05, 3.63) is 23.2 Å². The fourth-order valence-electron chi connectivity index (χ4n) is 2.04. The molecule has 1 heterocycles. The quantitative estimate of drug-likeness (QED) is 0.876. The molecule has 0 saturated carbocycles. The second kappa shape index (κ2) is 7.47. The third kappa shape index (κ3) is 4.23. The number of sulfonamides is 1. The number of benzene rings is 1. The summed E-state index contributed by atoms with van der Waals surface area (Å²) in [5.41, 5.74) is 0. The molecule has 1 aliphatic heterocycles. The van der Waals surface area contributed by atoms with Crippen LogP contribution < -0.4 is 14.8 Å². The predicted molar refractivity (Wildman–Crippen MR) is 81.5 cm³/mol. The molecule has 0 aromatic heterocycles. The number of piperidine rings is 1. The third-order valence-corrected chi connectivity index (χ3v) is 5.09. The molecule has 5 nitrogen and oxygen atoms in total. The molecule has 0 aliphatic carbocycles. The first kappa shape index (κ1) is 17.5. The summed E-state index contributed by atoms with van der Waals surface area (Å²) in [5.74, 6) is 0.468. The van der Waals surface area contributed by atoms with E-state index in [1.807, 2.05) is 0 Å². The molecular formula is C12H18Cl2N2O3S. The first-order valence-electron chi connectivity index (χ1n) is 6.09. The Kier molecular flexibility index (Phi) is 6.54. The van der Waals surface area contributed by atoms with Crippen molar-refractivity contribution in [2.75, 3.05) is 20.2 Å². The van der Waals surface area contributed by atoms with Gasteiger partial charge < -0.3 is 10.1 Å². The Morgan fingerprint density at radius 2 is 2.00 bits per heavy atom. The van der Waals surface area contributed by atoms with E-state index < -0.39 is 10.0 Å². The fourth-order valence-corrected chi connectivity index (χ4v) is 3.86. The standard InChI is InChI=1S/C12H17ClN2O3S.ClH/c1-18-10-2-3-11(13)12(8-10)19(16,17)15-9-4-6-14-7-5-9;/h2-3,8-9,14-15H,4-7H2,1H3;1H. The summed E-state index contributed by atoms with van der Waals surface area (Å²) in [6.45, 7) is 1.64. The highest BCUT2D eigenvalue weighted by Gasteiger charge is 2.24. The summed E-state index contributed by atoms with van der Waals surface area (Å²) in [6, 6.07) is 4.54. The number of ether oxygens (including phenoxy) is 1. The van der Waals surface area contributed by atoms with Crippen LogP contribution in [0.25, 0.3) is 0 Å². The van der Waals surface area contributed by atoms with Crippen molar-refractivity contribution in [2.45, 2.75) is 23.8 Å². The maximum absolute atomic E-state index is 12.3. The van der Waals surface area contributed by atoms with E-state index in [2.05, 4.69) is 10.0 Å². The monoisotopic (exact) mass is 340 g/mol. The molecule has 8 heteroatoms. The van der Waals surface area contributed by atoms with Crippen molar-refractivity contribution in [1.29, 1.82) is 0 Å². The fraction of sp³-hybridized carbons (Fsp3) is 0.500. The highest BCUT2D eigenvalue weighted by atomic mass is 35.5. The Balaban J connectivity index is 0.00000200. The van der Waals surface area contributed by atoms with Gasteiger partial charge in [0.05, 0.1) is 12.1 Å². The van der Waals surface area contributed by atoms with Gasteiger partial charge in [-0.25, -0.2) is 13.1 Å². The summed E-state index contributed by atoms with van der Waals surface area (Å²) in [6.07, 6.45) is 1.56. The number of rotatable bonds is 4. The Morgan fingerprint density at radius 1 is 1.35 bits per heavy atom. The average molecular weight is 341 g/mol. The predicted octanol–water partition coefficient (Wildman–Crippen LogP) is 1.80. The van der Waals surface area contributed by atoms with Gasteiger partial charge in [-0.3, -0.25) is 0 Å². The van der Waals surface area contributed by atoms with Crippen molar-refractivity contribution in [1.82, 2.24) is 10.0 Å². The minimum Gasteiger partial charge on any atom is -0.497 e. The molecule has 0 atom stereocenters. The lowest BCUT2D eigenvalue weighted by Crippen LogP contribution is -2.42. The van der Waals surface area contributed by atoms with Crippen molar-refractivity contribution in [2.24, 2.45) is 0 Å². The van der Waals surface area contributed by atoms with Gasteiger partial charge in [-0.15, -0.1) is 12.4 Å². The Labute approximate surface area is 130 Å². The second-order valence-electron chi connectivity index (χ2n) is 4.44. The summed E-state index contributed by atoms with van der Waals surface area (Å²) < 4.78 is 32.4. The molecule has 20 heavy (non-hydrogen) atoms. The third-order valence-electron chi connectivity index (χ3n) is 3.09. The molecule has 1 aromatic rings. The number of nitrogens with one attached hydrogen (secondary N) is 2. The van der Waals surface area contributed by atoms with Crippen LogP contribution in [0.2, 0.25) is 5.02 Å². The van der Waals surface area contributed by atoms with Gasteiger partial charge in [-0.1, -0.05) is 11.6 Å². The van der Waals surface area contributed by atoms with Crippen molar-refractivity contribution >= 4 is 34.0 Å². The van der Waals surface area contributed by atoms with Crippen LogP contribution in [-0.4, -0.2) is 34.7 Å². The van der Waals surface area contributed by atoms with Gasteiger partial charge in [0.25, 0.3) is 0 Å². The molecule has 0 radical (unpaired) electrons. The van der Waals surface area contributed by atoms with Gasteiger partial charge in [0, 0.05) is 12.1 Å². The smallest absolute Gasteiger partial charge is 0.242 e. The first-order chi connectivity index (χ1) is 9.03. The van der Waals surface area contributed by atoms with Crippen LogP contribution in [0.3, 0.4) is 0 Å². The zero-order valence-corrected chi connectivity index (χ0v) is 13.4. The largest absolute Gasteiger partial charge is 0.497 e. The molecule has 2 N–H and O–H groups in total. The summed E-state index contributed by atoms with van der Waals surface area (Å²) in [5, 5.41) is 3.39. The van der Waals surface area contributed by atoms with Crippen LogP contribution >= 0.6 is 24.0 Å². The van der Waals surface area contributed by atoms with Crippen molar-refractivity contribution < 1.29 is 13.2 Å². The van der Waals surface area contributed by atoms with Gasteiger partial charge in [0.15, 0.2) is 0 Å². The van der Waals surface area contributed by atoms with E-state index in [0.717, 1.165) is 25.9 Å². The van der Waals surface area contributed by atoms with Gasteiger partial charge in [0.1, 0.15) is 10.6 Å². The maximum Gasteiger partial charge on any atom is 0.242 e. The van der Waals surface area contributed by atoms with Crippen LogP contribution in [0, 0.1) is 0 Å². The van der Waals surface area contributed by atoms with Crippen molar-refractivity contribution in [3.8, 4) is 5.75 Å². The van der Waals surface area contributed by atoms with E-state index in [-0.39, 0.29) is 28.4 Å². The molecule has 1 aromatic carbocycles. The van der Waals surface area contributed by atoms with Gasteiger partial charge in [-0.05, 0) is 38.1 Å². The number of hydrogen-bond donors (Lipinski definition) is 2. The summed E-state index contributed by atoms with van der Waals surface area (Å²) >= 11 is 5.97. The highest BCUT2D eigenvalue weighted by molar-refractivity contribution is 7.89. The van der Waals surface area contributed by atoms with Crippen LogP contribution in [0.1, 0.15) is 12.8 Å². The Bertz CT molecular complexity index is 546. The van der Waals surface area contributed by atoms with E-state index >= 15 is 0 Å². The second-order valence-corrected chi connectivity index (χ2v) is 6.53. The lowest BCUT2D eigenvalue weighted by Gasteiger charge is -2.23. The molecule has 1 saturated heterocycles. The first-order valence-corrected chi connectivity index (χ1v) is 7.95. The molecule has 0 amide bonds. The molecule has 0 unspecified atom stereocenters. The average Bonchev–Trinajstić information content (AvgIpc) is 2.39. The molecular weight excluding hydrogens is 323 g/mol. The number of hydrogen-bond acceptors (Lipinski definition) is 4. The van der Waals surface area contributed by atoms with E-state index in [1.165, 1.54) is 19.2 Å². The van der Waals surface area contributed by atoms with E-state index in [1.54, 1.807) is 6.07 Å². The SMILES string of the molecule is COc1ccc(Cl)c(S(=O)(=O)NC2CCNCC2)c1.Cl. The highest BCUT2D eigenvalue weighted by Crippen LogP contribution is 2.26. The lowest BCUT2D eigenvalue weighted by molar-refractivity contribution is 0.412. The van der Waals surface area contributed by atoms with Crippen LogP contribution in [-0.2, 0) is 10.0 Å². The van der Waals surface area contributed by atoms with Crippen molar-refractivity contribution in [3.63, 3.8) is 0 Å². The van der Waals surface area contributed by atoms with Crippen LogP contribution in [0.5, 0.6) is 5.75 Å². The molecule has 114 valence electrons. The molecule has 1 fully saturated rings. The van der Waals surface area contributed by atoms with E-state index in [9.17, 15) is 8.42 Å². The van der Waals surface area contributed by atoms with E-state index in [4.69, 9.17) is 16.3 Å². The summed E-state index contributed by atoms with van der Waals surface area (Å²) in [7, 11) is -2.13. The topological polar surface area (TPSA) is 67.4 Å². The van der Waals surface area contributed by atoms with Gasteiger partial charge in [0.2, 0.25) is 10.0 Å². The maximum atomic E-state index is 12.3. The minimum atomic E-state index is -3.61. The zero-order valence-electron chi connectivity index (χ0n) is 11.1. The Morgan fingerprint density at radius 3 is 2.60 bits per heavy atom. The van der Waals surface area contributed by atoms with Crippen LogP contribution in [0.15, 0.2) is 23.1 Å². The molecule has 1 aliphatic rings. The van der Waals surface area contributed by atoms with Crippen LogP contribution in [0.4, 0.5) is 0 Å². The van der Waals surface area contributed by atoms with Gasteiger partial charge in [-0.2, -0.15) is 0 Å². The molecule has 0 bridgehead atoms. The summed E-state index contributed by atoms with van der Waals surface area (Å²) in [4.78, 5) is 0.0621. The van der Waals surface area contributed by atoms with E-state index in [0.29, 0.717) is 5.75 Å². The molecule has 2 rings (SSSR count). The number of methoxy groups -OCH3 is 1. The number of halogens is 2. The normalized spacial score (nSPS) is 16.5. The minimum absolute atomic E-state index is 0. The lowest BCUT2D eigenvalue weighted by atomic mass is 10.1. The van der Waals surface area contributed by atoms with Gasteiger partial charge >= 0.3 is 0 Å².